The largest absolute Gasteiger partial charge is 0.310 e. The third-order valence-corrected chi connectivity index (χ3v) is 2.31. The predicted molar refractivity (Wildman–Crippen MR) is 65.8 cm³/mol. The van der Waals surface area contributed by atoms with E-state index in [1.807, 2.05) is 6.07 Å². The van der Waals surface area contributed by atoms with Gasteiger partial charge in [0.05, 0.1) is 6.42 Å². The molecule has 0 aromatic carbocycles. The number of hydrogen-bond donors (Lipinski definition) is 1. The first-order valence-corrected chi connectivity index (χ1v) is 5.42. The number of halogens is 1. The van der Waals surface area contributed by atoms with Crippen LogP contribution in [-0.4, -0.2) is 15.9 Å². The van der Waals surface area contributed by atoms with Crippen LogP contribution in [0.15, 0.2) is 42.9 Å². The molecule has 2 heterocycles. The Morgan fingerprint density at radius 1 is 1.35 bits per heavy atom. The molecule has 1 amide bonds. The minimum Gasteiger partial charge on any atom is -0.310 e. The molecule has 17 heavy (non-hydrogen) atoms. The lowest BCUT2D eigenvalue weighted by Crippen LogP contribution is -2.15. The van der Waals surface area contributed by atoms with Gasteiger partial charge in [0.2, 0.25) is 5.91 Å². The van der Waals surface area contributed by atoms with Gasteiger partial charge in [-0.25, -0.2) is 4.98 Å². The van der Waals surface area contributed by atoms with Crippen molar-refractivity contribution in [3.63, 3.8) is 0 Å². The molecule has 0 saturated carbocycles. The molecule has 86 valence electrons. The Labute approximate surface area is 104 Å². The van der Waals surface area contributed by atoms with Gasteiger partial charge in [-0.2, -0.15) is 0 Å². The van der Waals surface area contributed by atoms with Crippen LogP contribution in [0.1, 0.15) is 5.56 Å². The van der Waals surface area contributed by atoms with E-state index in [1.165, 1.54) is 0 Å². The first-order chi connectivity index (χ1) is 8.24. The second kappa shape index (κ2) is 5.41. The van der Waals surface area contributed by atoms with Gasteiger partial charge in [-0.15, -0.1) is 0 Å². The van der Waals surface area contributed by atoms with Gasteiger partial charge in [0.1, 0.15) is 5.82 Å². The summed E-state index contributed by atoms with van der Waals surface area (Å²) < 4.78 is 0. The number of anilines is 1. The van der Waals surface area contributed by atoms with Crippen LogP contribution in [0.25, 0.3) is 0 Å². The zero-order valence-corrected chi connectivity index (χ0v) is 9.69. The number of nitrogens with one attached hydrogen (secondary N) is 1. The molecule has 2 aromatic rings. The van der Waals surface area contributed by atoms with Crippen molar-refractivity contribution in [2.45, 2.75) is 6.42 Å². The SMILES string of the molecule is O=C(Cc1cccnc1)Nc1cc(Cl)ccn1. The standard InChI is InChI=1S/C12H10ClN3O/c13-10-3-5-15-11(7-10)16-12(17)6-9-2-1-4-14-8-9/h1-5,7-8H,6H2,(H,15,16,17). The van der Waals surface area contributed by atoms with Gasteiger partial charge < -0.3 is 5.32 Å². The fraction of sp³-hybridized carbons (Fsp3) is 0.0833. The number of carbonyl (C=O) groups excluding carboxylic acids is 1. The summed E-state index contributed by atoms with van der Waals surface area (Å²) in [5, 5.41) is 3.21. The first kappa shape index (κ1) is 11.5. The summed E-state index contributed by atoms with van der Waals surface area (Å²) in [5.41, 5.74) is 0.854. The van der Waals surface area contributed by atoms with Crippen molar-refractivity contribution >= 4 is 23.3 Å². The maximum Gasteiger partial charge on any atom is 0.230 e. The van der Waals surface area contributed by atoms with Crippen LogP contribution in [-0.2, 0) is 11.2 Å². The molecule has 0 aliphatic rings. The number of carbonyl (C=O) groups is 1. The monoisotopic (exact) mass is 247 g/mol. The van der Waals surface area contributed by atoms with E-state index in [4.69, 9.17) is 11.6 Å². The molecule has 0 aliphatic heterocycles. The highest BCUT2D eigenvalue weighted by atomic mass is 35.5. The number of amides is 1. The Kier molecular flexibility index (Phi) is 3.67. The average Bonchev–Trinajstić information content (AvgIpc) is 2.30. The average molecular weight is 248 g/mol. The maximum absolute atomic E-state index is 11.7. The van der Waals surface area contributed by atoms with Crippen molar-refractivity contribution in [3.05, 3.63) is 53.4 Å². The third kappa shape index (κ3) is 3.53. The molecule has 0 unspecified atom stereocenters. The Balaban J connectivity index is 1.98. The summed E-state index contributed by atoms with van der Waals surface area (Å²) in [7, 11) is 0. The molecular weight excluding hydrogens is 238 g/mol. The molecule has 4 nitrogen and oxygen atoms in total. The molecule has 2 rings (SSSR count). The number of pyridine rings is 2. The van der Waals surface area contributed by atoms with E-state index in [0.717, 1.165) is 5.56 Å². The zero-order chi connectivity index (χ0) is 12.1. The van der Waals surface area contributed by atoms with Gasteiger partial charge in [-0.05, 0) is 23.8 Å². The van der Waals surface area contributed by atoms with E-state index in [2.05, 4.69) is 15.3 Å². The lowest BCUT2D eigenvalue weighted by Gasteiger charge is -2.04. The number of rotatable bonds is 3. The van der Waals surface area contributed by atoms with Crippen LogP contribution >= 0.6 is 11.6 Å². The maximum atomic E-state index is 11.7. The highest BCUT2D eigenvalue weighted by Crippen LogP contribution is 2.12. The van der Waals surface area contributed by atoms with Gasteiger partial charge >= 0.3 is 0 Å². The van der Waals surface area contributed by atoms with Crippen molar-refractivity contribution in [3.8, 4) is 0 Å². The predicted octanol–water partition coefficient (Wildman–Crippen LogP) is 2.31. The lowest BCUT2D eigenvalue weighted by molar-refractivity contribution is -0.115. The van der Waals surface area contributed by atoms with Crippen LogP contribution in [0, 0.1) is 0 Å². The molecule has 1 N–H and O–H groups in total. The molecule has 0 spiro atoms. The summed E-state index contributed by atoms with van der Waals surface area (Å²) >= 11 is 5.79. The number of aromatic nitrogens is 2. The quantitative estimate of drug-likeness (QED) is 0.906. The first-order valence-electron chi connectivity index (χ1n) is 5.04. The van der Waals surface area contributed by atoms with E-state index >= 15 is 0 Å². The smallest absolute Gasteiger partial charge is 0.230 e. The third-order valence-electron chi connectivity index (χ3n) is 2.08. The summed E-state index contributed by atoms with van der Waals surface area (Å²) in [6.07, 6.45) is 5.13. The Morgan fingerprint density at radius 3 is 2.94 bits per heavy atom. The number of hydrogen-bond acceptors (Lipinski definition) is 3. The van der Waals surface area contributed by atoms with E-state index in [-0.39, 0.29) is 12.3 Å². The fourth-order valence-electron chi connectivity index (χ4n) is 1.35. The second-order valence-corrected chi connectivity index (χ2v) is 3.88. The van der Waals surface area contributed by atoms with E-state index in [0.29, 0.717) is 10.8 Å². The minimum atomic E-state index is -0.146. The Hall–Kier alpha value is -1.94. The van der Waals surface area contributed by atoms with Crippen LogP contribution in [0.4, 0.5) is 5.82 Å². The second-order valence-electron chi connectivity index (χ2n) is 3.45. The van der Waals surface area contributed by atoms with Gasteiger partial charge in [0.15, 0.2) is 0 Å². The molecule has 5 heteroatoms. The summed E-state index contributed by atoms with van der Waals surface area (Å²) in [5.74, 6) is 0.305. The Bertz CT molecular complexity index is 516. The fourth-order valence-corrected chi connectivity index (χ4v) is 1.51. The van der Waals surface area contributed by atoms with E-state index < -0.39 is 0 Å². The highest BCUT2D eigenvalue weighted by molar-refractivity contribution is 6.30. The molecule has 0 atom stereocenters. The molecule has 0 radical (unpaired) electrons. The van der Waals surface area contributed by atoms with E-state index in [1.54, 1.807) is 36.8 Å². The van der Waals surface area contributed by atoms with E-state index in [9.17, 15) is 4.79 Å². The lowest BCUT2D eigenvalue weighted by atomic mass is 10.2. The molecule has 0 bridgehead atoms. The van der Waals surface area contributed by atoms with Crippen molar-refractivity contribution in [2.24, 2.45) is 0 Å². The topological polar surface area (TPSA) is 54.9 Å². The van der Waals surface area contributed by atoms with Crippen molar-refractivity contribution in [2.75, 3.05) is 5.32 Å². The molecule has 2 aromatic heterocycles. The van der Waals surface area contributed by atoms with Crippen LogP contribution in [0.2, 0.25) is 5.02 Å². The normalized spacial score (nSPS) is 9.94. The van der Waals surface area contributed by atoms with Gasteiger partial charge in [0.25, 0.3) is 0 Å². The molecular formula is C12H10ClN3O. The zero-order valence-electron chi connectivity index (χ0n) is 8.93. The van der Waals surface area contributed by atoms with Crippen molar-refractivity contribution in [1.29, 1.82) is 0 Å². The van der Waals surface area contributed by atoms with Gasteiger partial charge in [0, 0.05) is 23.6 Å². The Morgan fingerprint density at radius 2 is 2.24 bits per heavy atom. The van der Waals surface area contributed by atoms with Crippen LogP contribution in [0.3, 0.4) is 0 Å². The van der Waals surface area contributed by atoms with Gasteiger partial charge in [-0.3, -0.25) is 9.78 Å². The summed E-state index contributed by atoms with van der Waals surface area (Å²) in [6.45, 7) is 0. The van der Waals surface area contributed by atoms with Crippen molar-refractivity contribution in [1.82, 2.24) is 9.97 Å². The molecule has 0 aliphatic carbocycles. The van der Waals surface area contributed by atoms with Gasteiger partial charge in [-0.1, -0.05) is 17.7 Å². The van der Waals surface area contributed by atoms with Crippen LogP contribution in [0.5, 0.6) is 0 Å². The summed E-state index contributed by atoms with van der Waals surface area (Å²) in [6, 6.07) is 6.89. The summed E-state index contributed by atoms with van der Waals surface area (Å²) in [4.78, 5) is 19.6. The number of nitrogens with zero attached hydrogens (tertiary/aromatic N) is 2. The van der Waals surface area contributed by atoms with Crippen molar-refractivity contribution < 1.29 is 4.79 Å². The van der Waals surface area contributed by atoms with Crippen LogP contribution < -0.4 is 5.32 Å². The highest BCUT2D eigenvalue weighted by Gasteiger charge is 2.04. The molecule has 0 saturated heterocycles. The minimum absolute atomic E-state index is 0.146. The molecule has 0 fully saturated rings.